The van der Waals surface area contributed by atoms with E-state index in [9.17, 15) is 4.79 Å². The van der Waals surface area contributed by atoms with E-state index in [0.717, 1.165) is 61.4 Å². The fraction of sp³-hybridized carbons (Fsp3) is 0.333. The summed E-state index contributed by atoms with van der Waals surface area (Å²) in [6.45, 7) is 5.90. The predicted octanol–water partition coefficient (Wildman–Crippen LogP) is 2.87. The second-order valence-corrected chi connectivity index (χ2v) is 7.57. The number of nitrogens with one attached hydrogen (secondary N) is 1. The summed E-state index contributed by atoms with van der Waals surface area (Å²) < 4.78 is 6.78. The highest BCUT2D eigenvalue weighted by atomic mass is 16.5. The Labute approximate surface area is 176 Å². The maximum Gasteiger partial charge on any atom is 0.274 e. The molecular weight excluding hydrogens is 376 g/mol. The molecule has 156 valence electrons. The lowest BCUT2D eigenvalue weighted by Gasteiger charge is -2.27. The summed E-state index contributed by atoms with van der Waals surface area (Å²) in [6, 6.07) is 13.8. The van der Waals surface area contributed by atoms with Crippen molar-refractivity contribution in [1.29, 1.82) is 0 Å². The Morgan fingerprint density at radius 3 is 2.53 bits per heavy atom. The molecular formula is C24H28N4O2. The van der Waals surface area contributed by atoms with Gasteiger partial charge < -0.3 is 15.0 Å². The van der Waals surface area contributed by atoms with Crippen LogP contribution in [0, 0.1) is 0 Å². The van der Waals surface area contributed by atoms with Crippen molar-refractivity contribution < 1.29 is 4.74 Å². The van der Waals surface area contributed by atoms with Gasteiger partial charge in [-0.15, -0.1) is 0 Å². The highest BCUT2D eigenvalue weighted by Crippen LogP contribution is 2.16. The number of ether oxygens (including phenoxy) is 1. The zero-order chi connectivity index (χ0) is 20.8. The van der Waals surface area contributed by atoms with Crippen LogP contribution in [0.5, 0.6) is 5.75 Å². The summed E-state index contributed by atoms with van der Waals surface area (Å²) in [7, 11) is 1.66. The highest BCUT2D eigenvalue weighted by Gasteiger charge is 2.10. The molecule has 2 heterocycles. The molecule has 0 radical (unpaired) electrons. The first kappa shape index (κ1) is 20.3. The Balaban J connectivity index is 1.43. The van der Waals surface area contributed by atoms with Gasteiger partial charge in [0.05, 0.1) is 18.7 Å². The van der Waals surface area contributed by atoms with Crippen LogP contribution >= 0.6 is 0 Å². The number of nitrogens with zero attached hydrogens (tertiary/aromatic N) is 3. The van der Waals surface area contributed by atoms with Crippen LogP contribution in [0.25, 0.3) is 22.9 Å². The van der Waals surface area contributed by atoms with Crippen molar-refractivity contribution >= 4 is 22.9 Å². The second kappa shape index (κ2) is 9.69. The lowest BCUT2D eigenvalue weighted by molar-refractivity contribution is 0.233. The largest absolute Gasteiger partial charge is 0.497 e. The van der Waals surface area contributed by atoms with E-state index in [1.807, 2.05) is 54.6 Å². The number of aromatic nitrogens is 2. The average Bonchev–Trinajstić information content (AvgIpc) is 2.80. The minimum absolute atomic E-state index is 0.0153. The Bertz CT molecular complexity index is 1070. The number of aryl methyl sites for hydroxylation is 1. The number of fused-ring (bicyclic) bond motifs is 1. The summed E-state index contributed by atoms with van der Waals surface area (Å²) >= 11 is 0. The monoisotopic (exact) mass is 404 g/mol. The number of benzene rings is 2. The molecule has 0 atom stereocenters. The minimum atomic E-state index is -0.0153. The minimum Gasteiger partial charge on any atom is -0.497 e. The summed E-state index contributed by atoms with van der Waals surface area (Å²) in [5.74, 6) is 0.841. The van der Waals surface area contributed by atoms with Crippen molar-refractivity contribution in [2.75, 3.05) is 39.8 Å². The molecule has 0 unspecified atom stereocenters. The van der Waals surface area contributed by atoms with Crippen LogP contribution in [0.15, 0.2) is 53.5 Å². The van der Waals surface area contributed by atoms with E-state index in [1.165, 1.54) is 0 Å². The van der Waals surface area contributed by atoms with Crippen LogP contribution in [0.3, 0.4) is 0 Å². The standard InChI is InChI=1S/C24H28N4O2/c1-30-22-8-5-19(6-9-22)3-4-20-7-10-23-21(17-20)18-26-28(24(23)29)14-2-13-27-15-11-25-12-16-27/h3-10,17-18,25H,2,11-16H2,1H3/b4-3+. The van der Waals surface area contributed by atoms with Crippen molar-refractivity contribution in [1.82, 2.24) is 20.0 Å². The van der Waals surface area contributed by atoms with E-state index >= 15 is 0 Å². The summed E-state index contributed by atoms with van der Waals surface area (Å²) in [6.07, 6.45) is 6.82. The van der Waals surface area contributed by atoms with E-state index in [4.69, 9.17) is 4.74 Å². The normalized spacial score (nSPS) is 15.1. The van der Waals surface area contributed by atoms with E-state index in [2.05, 4.69) is 15.3 Å². The zero-order valence-corrected chi connectivity index (χ0v) is 17.4. The van der Waals surface area contributed by atoms with Gasteiger partial charge in [-0.05, 0) is 41.8 Å². The number of methoxy groups -OCH3 is 1. The first-order chi connectivity index (χ1) is 14.7. The molecule has 30 heavy (non-hydrogen) atoms. The quantitative estimate of drug-likeness (QED) is 0.614. The molecule has 1 saturated heterocycles. The zero-order valence-electron chi connectivity index (χ0n) is 17.4. The molecule has 0 spiro atoms. The van der Waals surface area contributed by atoms with Crippen molar-refractivity contribution in [2.45, 2.75) is 13.0 Å². The molecule has 1 N–H and O–H groups in total. The van der Waals surface area contributed by atoms with Gasteiger partial charge in [0.1, 0.15) is 5.75 Å². The van der Waals surface area contributed by atoms with Crippen LogP contribution in [-0.2, 0) is 6.54 Å². The molecule has 0 amide bonds. The predicted molar refractivity (Wildman–Crippen MR) is 122 cm³/mol. The third kappa shape index (κ3) is 4.96. The third-order valence-electron chi connectivity index (χ3n) is 5.51. The molecule has 1 fully saturated rings. The second-order valence-electron chi connectivity index (χ2n) is 7.57. The summed E-state index contributed by atoms with van der Waals surface area (Å²) in [5.41, 5.74) is 2.11. The first-order valence-electron chi connectivity index (χ1n) is 10.5. The van der Waals surface area contributed by atoms with Gasteiger partial charge in [-0.25, -0.2) is 4.68 Å². The fourth-order valence-corrected chi connectivity index (χ4v) is 3.76. The van der Waals surface area contributed by atoms with Crippen LogP contribution in [0.4, 0.5) is 0 Å². The van der Waals surface area contributed by atoms with Gasteiger partial charge in [0.15, 0.2) is 0 Å². The van der Waals surface area contributed by atoms with E-state index in [-0.39, 0.29) is 5.56 Å². The molecule has 1 aromatic heterocycles. The van der Waals surface area contributed by atoms with E-state index < -0.39 is 0 Å². The van der Waals surface area contributed by atoms with Gasteiger partial charge in [0, 0.05) is 44.7 Å². The number of piperazine rings is 1. The Kier molecular flexibility index (Phi) is 6.57. The maximum absolute atomic E-state index is 12.8. The van der Waals surface area contributed by atoms with Crippen molar-refractivity contribution in [2.24, 2.45) is 0 Å². The highest BCUT2D eigenvalue weighted by molar-refractivity contribution is 5.84. The Hall–Kier alpha value is -2.96. The van der Waals surface area contributed by atoms with Gasteiger partial charge in [-0.3, -0.25) is 4.79 Å². The lowest BCUT2D eigenvalue weighted by Crippen LogP contribution is -2.44. The van der Waals surface area contributed by atoms with Gasteiger partial charge >= 0.3 is 0 Å². The fourth-order valence-electron chi connectivity index (χ4n) is 3.76. The topological polar surface area (TPSA) is 59.4 Å². The molecule has 1 aliphatic heterocycles. The summed E-state index contributed by atoms with van der Waals surface area (Å²) in [4.78, 5) is 15.2. The van der Waals surface area contributed by atoms with Crippen molar-refractivity contribution in [3.8, 4) is 5.75 Å². The third-order valence-corrected chi connectivity index (χ3v) is 5.51. The van der Waals surface area contributed by atoms with Gasteiger partial charge in [0.25, 0.3) is 5.56 Å². The average molecular weight is 405 g/mol. The Morgan fingerprint density at radius 2 is 1.77 bits per heavy atom. The van der Waals surface area contributed by atoms with Gasteiger partial charge in [0.2, 0.25) is 0 Å². The van der Waals surface area contributed by atoms with Crippen molar-refractivity contribution in [3.63, 3.8) is 0 Å². The lowest BCUT2D eigenvalue weighted by atomic mass is 10.1. The van der Waals surface area contributed by atoms with Crippen LogP contribution < -0.4 is 15.6 Å². The van der Waals surface area contributed by atoms with Crippen molar-refractivity contribution in [3.05, 3.63) is 70.1 Å². The molecule has 1 aliphatic rings. The van der Waals surface area contributed by atoms with E-state index in [0.29, 0.717) is 11.9 Å². The molecule has 3 aromatic rings. The SMILES string of the molecule is COc1ccc(/C=C/c2ccc3c(=O)n(CCCN4CCNCC4)ncc3c2)cc1. The first-order valence-corrected chi connectivity index (χ1v) is 10.5. The molecule has 0 bridgehead atoms. The number of rotatable bonds is 7. The van der Waals surface area contributed by atoms with Gasteiger partial charge in [-0.1, -0.05) is 30.4 Å². The van der Waals surface area contributed by atoms with Crippen LogP contribution in [0.1, 0.15) is 17.5 Å². The smallest absolute Gasteiger partial charge is 0.274 e. The molecule has 0 saturated carbocycles. The molecule has 6 heteroatoms. The molecule has 4 rings (SSSR count). The number of hydrogen-bond donors (Lipinski definition) is 1. The van der Waals surface area contributed by atoms with Crippen LogP contribution in [-0.4, -0.2) is 54.5 Å². The Morgan fingerprint density at radius 1 is 1.03 bits per heavy atom. The summed E-state index contributed by atoms with van der Waals surface area (Å²) in [5, 5.41) is 9.35. The van der Waals surface area contributed by atoms with Gasteiger partial charge in [-0.2, -0.15) is 5.10 Å². The molecule has 6 nitrogen and oxygen atoms in total. The molecule has 0 aliphatic carbocycles. The molecule has 2 aromatic carbocycles. The van der Waals surface area contributed by atoms with Crippen LogP contribution in [0.2, 0.25) is 0 Å². The number of hydrogen-bond acceptors (Lipinski definition) is 5. The maximum atomic E-state index is 12.8. The van der Waals surface area contributed by atoms with E-state index in [1.54, 1.807) is 18.0 Å².